The van der Waals surface area contributed by atoms with E-state index in [4.69, 9.17) is 0 Å². The Morgan fingerprint density at radius 2 is 2.09 bits per heavy atom. The Labute approximate surface area is 133 Å². The van der Waals surface area contributed by atoms with Gasteiger partial charge >= 0.3 is 5.97 Å². The highest BCUT2D eigenvalue weighted by atomic mass is 16.4. The Balaban J connectivity index is 1.96. The van der Waals surface area contributed by atoms with Crippen LogP contribution in [0.15, 0.2) is 36.8 Å². The molecule has 6 heteroatoms. The van der Waals surface area contributed by atoms with Crippen LogP contribution in [0.5, 0.6) is 0 Å². The predicted molar refractivity (Wildman–Crippen MR) is 87.2 cm³/mol. The van der Waals surface area contributed by atoms with Gasteiger partial charge in [-0.1, -0.05) is 19.9 Å². The number of carbonyl (C=O) groups is 1. The number of aromatic nitrogens is 4. The standard InChI is InChI=1S/C17H16N4O2/c1-11(2)16-13(17(22)23)10-18-15(20-16)7-6-12-9-19-21-8-4-3-5-14(12)21/h3-11H,1-2H3,(H,22,23). The molecule has 3 heterocycles. The molecule has 0 aliphatic carbocycles. The molecular weight excluding hydrogens is 292 g/mol. The van der Waals surface area contributed by atoms with Gasteiger partial charge in [0, 0.05) is 18.0 Å². The number of hydrogen-bond donors (Lipinski definition) is 1. The predicted octanol–water partition coefficient (Wildman–Crippen LogP) is 3.12. The van der Waals surface area contributed by atoms with Crippen molar-refractivity contribution in [2.75, 3.05) is 0 Å². The van der Waals surface area contributed by atoms with Gasteiger partial charge in [-0.15, -0.1) is 0 Å². The van der Waals surface area contributed by atoms with Gasteiger partial charge in [-0.2, -0.15) is 5.10 Å². The summed E-state index contributed by atoms with van der Waals surface area (Å²) in [6.07, 6.45) is 8.65. The van der Waals surface area contributed by atoms with Gasteiger partial charge in [-0.05, 0) is 30.2 Å². The van der Waals surface area contributed by atoms with E-state index in [1.54, 1.807) is 16.8 Å². The third kappa shape index (κ3) is 2.96. The molecule has 23 heavy (non-hydrogen) atoms. The average Bonchev–Trinajstić information content (AvgIpc) is 2.95. The van der Waals surface area contributed by atoms with E-state index in [1.165, 1.54) is 6.20 Å². The van der Waals surface area contributed by atoms with Crippen LogP contribution in [0.4, 0.5) is 0 Å². The summed E-state index contributed by atoms with van der Waals surface area (Å²) in [5.41, 5.74) is 2.61. The largest absolute Gasteiger partial charge is 0.478 e. The van der Waals surface area contributed by atoms with Crippen molar-refractivity contribution in [3.05, 3.63) is 59.4 Å². The highest BCUT2D eigenvalue weighted by Gasteiger charge is 2.15. The van der Waals surface area contributed by atoms with Crippen molar-refractivity contribution in [2.45, 2.75) is 19.8 Å². The molecule has 0 fully saturated rings. The molecule has 0 spiro atoms. The summed E-state index contributed by atoms with van der Waals surface area (Å²) in [5.74, 6) is -0.519. The molecule has 0 unspecified atom stereocenters. The van der Waals surface area contributed by atoms with Gasteiger partial charge in [0.15, 0.2) is 5.82 Å². The smallest absolute Gasteiger partial charge is 0.339 e. The third-order valence-electron chi connectivity index (χ3n) is 3.48. The molecule has 3 aromatic rings. The summed E-state index contributed by atoms with van der Waals surface area (Å²) in [6.45, 7) is 3.82. The van der Waals surface area contributed by atoms with Crippen LogP contribution < -0.4 is 0 Å². The minimum atomic E-state index is -1.01. The van der Waals surface area contributed by atoms with E-state index in [9.17, 15) is 9.90 Å². The number of pyridine rings is 1. The SMILES string of the molecule is CC(C)c1nc(C=Cc2cnn3ccccc23)ncc1C(=O)O. The first-order valence-corrected chi connectivity index (χ1v) is 7.27. The summed E-state index contributed by atoms with van der Waals surface area (Å²) in [4.78, 5) is 19.7. The normalized spacial score (nSPS) is 11.6. The average molecular weight is 308 g/mol. The molecule has 0 aliphatic heterocycles. The van der Waals surface area contributed by atoms with Gasteiger partial charge in [0.1, 0.15) is 0 Å². The van der Waals surface area contributed by atoms with Gasteiger partial charge in [0.2, 0.25) is 0 Å². The van der Waals surface area contributed by atoms with Crippen LogP contribution in [0, 0.1) is 0 Å². The first kappa shape index (κ1) is 14.9. The molecule has 0 saturated heterocycles. The maximum absolute atomic E-state index is 11.2. The first-order chi connectivity index (χ1) is 11.1. The summed E-state index contributed by atoms with van der Waals surface area (Å²) in [7, 11) is 0. The fraction of sp³-hybridized carbons (Fsp3) is 0.176. The Hall–Kier alpha value is -3.02. The van der Waals surface area contributed by atoms with Crippen molar-refractivity contribution >= 4 is 23.6 Å². The van der Waals surface area contributed by atoms with Gasteiger partial charge in [-0.25, -0.2) is 19.3 Å². The molecule has 116 valence electrons. The van der Waals surface area contributed by atoms with Crippen LogP contribution in [0.1, 0.15) is 47.2 Å². The van der Waals surface area contributed by atoms with E-state index in [0.717, 1.165) is 11.1 Å². The Bertz CT molecular complexity index is 896. The molecule has 0 bridgehead atoms. The monoisotopic (exact) mass is 308 g/mol. The Morgan fingerprint density at radius 1 is 1.26 bits per heavy atom. The van der Waals surface area contributed by atoms with Crippen LogP contribution >= 0.6 is 0 Å². The van der Waals surface area contributed by atoms with E-state index in [-0.39, 0.29) is 11.5 Å². The van der Waals surface area contributed by atoms with Gasteiger partial charge in [-0.3, -0.25) is 0 Å². The topological polar surface area (TPSA) is 80.4 Å². The molecular formula is C17H16N4O2. The van der Waals surface area contributed by atoms with E-state index in [2.05, 4.69) is 15.1 Å². The van der Waals surface area contributed by atoms with Crippen molar-refractivity contribution in [1.82, 2.24) is 19.6 Å². The third-order valence-corrected chi connectivity index (χ3v) is 3.48. The van der Waals surface area contributed by atoms with Crippen molar-refractivity contribution < 1.29 is 9.90 Å². The molecule has 0 amide bonds. The maximum atomic E-state index is 11.2. The van der Waals surface area contributed by atoms with Crippen LogP contribution in [0.3, 0.4) is 0 Å². The van der Waals surface area contributed by atoms with Gasteiger partial charge in [0.25, 0.3) is 0 Å². The summed E-state index contributed by atoms with van der Waals surface area (Å²) in [5, 5.41) is 13.5. The zero-order valence-corrected chi connectivity index (χ0v) is 12.8. The van der Waals surface area contributed by atoms with Gasteiger partial charge < -0.3 is 5.11 Å². The van der Waals surface area contributed by atoms with Gasteiger partial charge in [0.05, 0.1) is 23.0 Å². The number of carboxylic acid groups (broad SMARTS) is 1. The summed E-state index contributed by atoms with van der Waals surface area (Å²) < 4.78 is 1.79. The van der Waals surface area contributed by atoms with Crippen LogP contribution in [0.2, 0.25) is 0 Å². The van der Waals surface area contributed by atoms with Crippen molar-refractivity contribution in [1.29, 1.82) is 0 Å². The first-order valence-electron chi connectivity index (χ1n) is 7.27. The summed E-state index contributed by atoms with van der Waals surface area (Å²) >= 11 is 0. The highest BCUT2D eigenvalue weighted by Crippen LogP contribution is 2.18. The molecule has 0 atom stereocenters. The Morgan fingerprint density at radius 3 is 2.83 bits per heavy atom. The van der Waals surface area contributed by atoms with E-state index in [0.29, 0.717) is 11.5 Å². The number of aromatic carboxylic acids is 1. The number of rotatable bonds is 4. The quantitative estimate of drug-likeness (QED) is 0.801. The molecule has 0 saturated carbocycles. The second-order valence-electron chi connectivity index (χ2n) is 5.45. The molecule has 3 rings (SSSR count). The fourth-order valence-corrected chi connectivity index (χ4v) is 2.34. The van der Waals surface area contributed by atoms with Crippen molar-refractivity contribution in [3.8, 4) is 0 Å². The van der Waals surface area contributed by atoms with Crippen molar-refractivity contribution in [3.63, 3.8) is 0 Å². The maximum Gasteiger partial charge on any atom is 0.339 e. The van der Waals surface area contributed by atoms with E-state index >= 15 is 0 Å². The number of fused-ring (bicyclic) bond motifs is 1. The molecule has 0 aromatic carbocycles. The summed E-state index contributed by atoms with van der Waals surface area (Å²) in [6, 6.07) is 5.83. The molecule has 1 N–H and O–H groups in total. The second kappa shape index (κ2) is 6.00. The van der Waals surface area contributed by atoms with Crippen LogP contribution in [0.25, 0.3) is 17.7 Å². The second-order valence-corrected chi connectivity index (χ2v) is 5.45. The lowest BCUT2D eigenvalue weighted by atomic mass is 10.1. The Kier molecular flexibility index (Phi) is 3.89. The van der Waals surface area contributed by atoms with E-state index < -0.39 is 5.97 Å². The lowest BCUT2D eigenvalue weighted by Crippen LogP contribution is -2.08. The number of nitrogens with zero attached hydrogens (tertiary/aromatic N) is 4. The molecule has 3 aromatic heterocycles. The number of carboxylic acids is 1. The highest BCUT2D eigenvalue weighted by molar-refractivity contribution is 5.88. The van der Waals surface area contributed by atoms with Crippen molar-refractivity contribution in [2.24, 2.45) is 0 Å². The lowest BCUT2D eigenvalue weighted by molar-refractivity contribution is 0.0694. The van der Waals surface area contributed by atoms with Crippen LogP contribution in [-0.4, -0.2) is 30.7 Å². The minimum Gasteiger partial charge on any atom is -0.478 e. The molecule has 6 nitrogen and oxygen atoms in total. The zero-order chi connectivity index (χ0) is 16.4. The van der Waals surface area contributed by atoms with E-state index in [1.807, 2.05) is 44.3 Å². The number of hydrogen-bond acceptors (Lipinski definition) is 4. The minimum absolute atomic E-state index is 0.00762. The lowest BCUT2D eigenvalue weighted by Gasteiger charge is -2.08. The fourth-order valence-electron chi connectivity index (χ4n) is 2.34. The molecule has 0 aliphatic rings. The zero-order valence-electron chi connectivity index (χ0n) is 12.8. The molecule has 0 radical (unpaired) electrons. The van der Waals surface area contributed by atoms with Crippen LogP contribution in [-0.2, 0) is 0 Å².